The Morgan fingerprint density at radius 3 is 2.48 bits per heavy atom. The maximum absolute atomic E-state index is 9.88. The molecule has 0 bridgehead atoms. The van der Waals surface area contributed by atoms with Crippen molar-refractivity contribution in [3.63, 3.8) is 0 Å². The number of aliphatic hydroxyl groups excluding tert-OH is 1. The van der Waals surface area contributed by atoms with Crippen molar-refractivity contribution in [2.24, 2.45) is 46.0 Å². The minimum absolute atomic E-state index is 0.0448. The van der Waals surface area contributed by atoms with Gasteiger partial charge in [0.2, 0.25) is 0 Å². The molecular weight excluding hydrogens is 284 g/mol. The van der Waals surface area contributed by atoms with E-state index >= 15 is 0 Å². The van der Waals surface area contributed by atoms with E-state index in [4.69, 9.17) is 11.5 Å². The molecule has 3 nitrogen and oxygen atoms in total. The lowest BCUT2D eigenvalue weighted by Crippen LogP contribution is -2.66. The average Bonchev–Trinajstić information content (AvgIpc) is 2.79. The molecule has 0 radical (unpaired) electrons. The van der Waals surface area contributed by atoms with Gasteiger partial charge in [0.1, 0.15) is 0 Å². The summed E-state index contributed by atoms with van der Waals surface area (Å²) in [5.41, 5.74) is 14.0. The summed E-state index contributed by atoms with van der Waals surface area (Å²) in [6.07, 6.45) is 11.1. The van der Waals surface area contributed by atoms with Crippen LogP contribution in [0.3, 0.4) is 0 Å². The fraction of sp³-hybridized carbons (Fsp3) is 1.00. The van der Waals surface area contributed by atoms with Crippen LogP contribution in [-0.2, 0) is 0 Å². The first-order chi connectivity index (χ1) is 10.8. The summed E-state index contributed by atoms with van der Waals surface area (Å²) in [5.74, 6) is 2.67. The van der Waals surface area contributed by atoms with Gasteiger partial charge < -0.3 is 16.6 Å². The number of hydrogen-bond donors (Lipinski definition) is 3. The second-order valence-corrected chi connectivity index (χ2v) is 9.94. The maximum Gasteiger partial charge on any atom is 0.0465 e. The zero-order valence-corrected chi connectivity index (χ0v) is 15.1. The zero-order valence-electron chi connectivity index (χ0n) is 15.1. The molecule has 0 spiro atoms. The van der Waals surface area contributed by atoms with Gasteiger partial charge >= 0.3 is 0 Å². The lowest BCUT2D eigenvalue weighted by molar-refractivity contribution is -0.126. The number of hydrogen-bond acceptors (Lipinski definition) is 3. The van der Waals surface area contributed by atoms with Gasteiger partial charge in [-0.25, -0.2) is 0 Å². The van der Waals surface area contributed by atoms with Crippen molar-refractivity contribution in [2.45, 2.75) is 83.2 Å². The molecule has 4 fully saturated rings. The molecule has 0 aliphatic heterocycles. The topological polar surface area (TPSA) is 72.3 Å². The van der Waals surface area contributed by atoms with Crippen molar-refractivity contribution < 1.29 is 5.11 Å². The predicted molar refractivity (Wildman–Crippen MR) is 93.7 cm³/mol. The summed E-state index contributed by atoms with van der Waals surface area (Å²) in [6, 6.07) is 0.426. The molecular formula is C20H36N2O. The van der Waals surface area contributed by atoms with E-state index in [9.17, 15) is 5.11 Å². The quantitative estimate of drug-likeness (QED) is 0.695. The fourth-order valence-electron chi connectivity index (χ4n) is 7.77. The van der Waals surface area contributed by atoms with E-state index in [1.54, 1.807) is 0 Å². The molecule has 4 aliphatic carbocycles. The molecule has 132 valence electrons. The van der Waals surface area contributed by atoms with Crippen molar-refractivity contribution in [3.05, 3.63) is 0 Å². The van der Waals surface area contributed by atoms with Gasteiger partial charge in [-0.05, 0) is 92.3 Å². The van der Waals surface area contributed by atoms with Gasteiger partial charge in [-0.15, -0.1) is 0 Å². The van der Waals surface area contributed by atoms with Crippen LogP contribution in [0.25, 0.3) is 0 Å². The fourth-order valence-corrected chi connectivity index (χ4v) is 7.77. The third kappa shape index (κ3) is 1.99. The Hall–Kier alpha value is -0.120. The molecule has 8 atom stereocenters. The lowest BCUT2D eigenvalue weighted by Gasteiger charge is -2.64. The first-order valence-corrected chi connectivity index (χ1v) is 10.0. The number of fused-ring (bicyclic) bond motifs is 5. The van der Waals surface area contributed by atoms with E-state index in [0.29, 0.717) is 29.9 Å². The smallest absolute Gasteiger partial charge is 0.0465 e. The van der Waals surface area contributed by atoms with Crippen molar-refractivity contribution in [1.29, 1.82) is 0 Å². The second-order valence-electron chi connectivity index (χ2n) is 9.94. The molecule has 0 aromatic heterocycles. The Morgan fingerprint density at radius 2 is 1.74 bits per heavy atom. The van der Waals surface area contributed by atoms with E-state index in [2.05, 4.69) is 13.8 Å². The van der Waals surface area contributed by atoms with Gasteiger partial charge in [0, 0.05) is 18.2 Å². The molecule has 0 amide bonds. The lowest BCUT2D eigenvalue weighted by atomic mass is 9.42. The van der Waals surface area contributed by atoms with Gasteiger partial charge in [0.05, 0.1) is 0 Å². The third-order valence-electron chi connectivity index (χ3n) is 9.46. The van der Waals surface area contributed by atoms with E-state index in [-0.39, 0.29) is 11.0 Å². The van der Waals surface area contributed by atoms with Gasteiger partial charge in [-0.2, -0.15) is 0 Å². The highest BCUT2D eigenvalue weighted by atomic mass is 16.3. The summed E-state index contributed by atoms with van der Waals surface area (Å²) in [7, 11) is 0. The second kappa shape index (κ2) is 5.19. The van der Waals surface area contributed by atoms with Crippen LogP contribution >= 0.6 is 0 Å². The van der Waals surface area contributed by atoms with E-state index in [1.807, 2.05) is 0 Å². The largest absolute Gasteiger partial charge is 0.396 e. The number of aliphatic hydroxyl groups is 1. The van der Waals surface area contributed by atoms with Crippen molar-refractivity contribution >= 4 is 0 Å². The number of rotatable bonds is 1. The average molecular weight is 321 g/mol. The molecule has 23 heavy (non-hydrogen) atoms. The summed E-state index contributed by atoms with van der Waals surface area (Å²) < 4.78 is 0. The van der Waals surface area contributed by atoms with Crippen LogP contribution in [0.2, 0.25) is 0 Å². The van der Waals surface area contributed by atoms with Crippen molar-refractivity contribution in [1.82, 2.24) is 0 Å². The molecule has 0 heterocycles. The highest BCUT2D eigenvalue weighted by Crippen LogP contribution is 2.67. The molecule has 0 aromatic rings. The van der Waals surface area contributed by atoms with E-state index in [1.165, 1.54) is 44.9 Å². The predicted octanol–water partition coefficient (Wildman–Crippen LogP) is 3.05. The number of nitrogens with two attached hydrogens (primary N) is 2. The minimum atomic E-state index is -0.0448. The molecule has 3 heteroatoms. The maximum atomic E-state index is 9.88. The van der Waals surface area contributed by atoms with Crippen LogP contribution in [0.4, 0.5) is 0 Å². The highest BCUT2D eigenvalue weighted by Gasteiger charge is 2.65. The summed E-state index contributed by atoms with van der Waals surface area (Å²) >= 11 is 0. The molecule has 4 rings (SSSR count). The van der Waals surface area contributed by atoms with E-state index < -0.39 is 0 Å². The normalized spacial score (nSPS) is 59.1. The van der Waals surface area contributed by atoms with Crippen LogP contribution in [0.5, 0.6) is 0 Å². The Labute approximate surface area is 141 Å². The van der Waals surface area contributed by atoms with Gasteiger partial charge in [0.25, 0.3) is 0 Å². The Morgan fingerprint density at radius 1 is 0.957 bits per heavy atom. The third-order valence-corrected chi connectivity index (χ3v) is 9.46. The van der Waals surface area contributed by atoms with Crippen LogP contribution in [0.15, 0.2) is 0 Å². The molecule has 5 N–H and O–H groups in total. The molecule has 1 unspecified atom stereocenters. The van der Waals surface area contributed by atoms with Crippen molar-refractivity contribution in [3.8, 4) is 0 Å². The van der Waals surface area contributed by atoms with Crippen LogP contribution in [0.1, 0.15) is 71.6 Å². The molecule has 0 saturated heterocycles. The van der Waals surface area contributed by atoms with Gasteiger partial charge in [0.15, 0.2) is 0 Å². The molecule has 4 aliphatic rings. The zero-order chi connectivity index (χ0) is 16.5. The Balaban J connectivity index is 1.67. The summed E-state index contributed by atoms with van der Waals surface area (Å²) in [6.45, 7) is 5.27. The summed E-state index contributed by atoms with van der Waals surface area (Å²) in [4.78, 5) is 0. The van der Waals surface area contributed by atoms with Crippen LogP contribution < -0.4 is 11.5 Å². The van der Waals surface area contributed by atoms with E-state index in [0.717, 1.165) is 24.7 Å². The van der Waals surface area contributed by atoms with Crippen molar-refractivity contribution in [2.75, 3.05) is 6.61 Å². The Kier molecular flexibility index (Phi) is 3.69. The van der Waals surface area contributed by atoms with Crippen LogP contribution in [-0.4, -0.2) is 23.3 Å². The van der Waals surface area contributed by atoms with Gasteiger partial charge in [-0.3, -0.25) is 0 Å². The SMILES string of the molecule is C[C@]12CCC(N)C[C@H]1CC[C@@H]1[C@@H]2CC[C@]2(C)[C@@H](CO)CC[C@]12N. The van der Waals surface area contributed by atoms with Crippen LogP contribution in [0, 0.1) is 34.5 Å². The molecule has 4 saturated carbocycles. The first kappa shape index (κ1) is 16.4. The van der Waals surface area contributed by atoms with Gasteiger partial charge in [-0.1, -0.05) is 13.8 Å². The first-order valence-electron chi connectivity index (χ1n) is 10.0. The molecule has 0 aromatic carbocycles. The minimum Gasteiger partial charge on any atom is -0.396 e. The standard InChI is InChI=1S/C20H36N2O/c1-18-8-6-15(21)11-13(18)3-4-17-16(18)7-9-19(2)14(12-23)5-10-20(17,19)22/h13-17,23H,3-12,21-22H2,1-2H3/t13-,14-,15?,16+,17-,18+,19-,20+/m1/s1. The highest BCUT2D eigenvalue weighted by molar-refractivity contribution is 5.19. The monoisotopic (exact) mass is 320 g/mol. The Bertz CT molecular complexity index is 482. The summed E-state index contributed by atoms with van der Waals surface area (Å²) in [5, 5.41) is 9.88.